The summed E-state index contributed by atoms with van der Waals surface area (Å²) in [6.45, 7) is 10.3. The molecule has 0 saturated carbocycles. The maximum absolute atomic E-state index is 12.5. The maximum Gasteiger partial charge on any atom is 0.323 e. The molecular formula is C21H21NO2. The minimum absolute atomic E-state index is 0.0128. The fraction of sp³-hybridized carbons (Fsp3) is 0.333. The van der Waals surface area contributed by atoms with E-state index < -0.39 is 5.92 Å². The highest BCUT2D eigenvalue weighted by Gasteiger charge is 2.37. The van der Waals surface area contributed by atoms with Gasteiger partial charge in [-0.15, -0.1) is 0 Å². The van der Waals surface area contributed by atoms with Crippen LogP contribution >= 0.6 is 0 Å². The van der Waals surface area contributed by atoms with Gasteiger partial charge >= 0.3 is 5.97 Å². The minimum Gasteiger partial charge on any atom is -0.425 e. The second kappa shape index (κ2) is 5.49. The first kappa shape index (κ1) is 16.3. The topological polar surface area (TPSA) is 50.1 Å². The van der Waals surface area contributed by atoms with Crippen molar-refractivity contribution in [3.8, 4) is 11.8 Å². The predicted octanol–water partition coefficient (Wildman–Crippen LogP) is 4.52. The number of benzene rings is 2. The van der Waals surface area contributed by atoms with E-state index in [9.17, 15) is 10.1 Å². The van der Waals surface area contributed by atoms with Gasteiger partial charge in [-0.2, -0.15) is 5.26 Å². The third kappa shape index (κ3) is 2.59. The molecule has 0 spiro atoms. The molecular weight excluding hydrogens is 298 g/mol. The summed E-state index contributed by atoms with van der Waals surface area (Å²) in [6.07, 6.45) is 0. The molecule has 0 fully saturated rings. The van der Waals surface area contributed by atoms with Crippen LogP contribution < -0.4 is 4.74 Å². The van der Waals surface area contributed by atoms with Gasteiger partial charge in [0.05, 0.1) is 11.6 Å². The Balaban J connectivity index is 2.19. The Bertz CT molecular complexity index is 882. The molecule has 1 unspecified atom stereocenters. The zero-order chi connectivity index (χ0) is 17.6. The van der Waals surface area contributed by atoms with E-state index in [1.54, 1.807) is 6.07 Å². The number of hydrogen-bond acceptors (Lipinski definition) is 3. The van der Waals surface area contributed by atoms with Gasteiger partial charge in [-0.05, 0) is 47.6 Å². The minimum atomic E-state index is -0.464. The third-order valence-electron chi connectivity index (χ3n) is 4.63. The molecule has 0 saturated heterocycles. The molecule has 2 aromatic rings. The summed E-state index contributed by atoms with van der Waals surface area (Å²) in [6, 6.07) is 12.0. The number of carbonyl (C=O) groups is 1. The molecule has 2 aromatic carbocycles. The lowest BCUT2D eigenvalue weighted by Crippen LogP contribution is -2.13. The Hall–Kier alpha value is -2.60. The lowest BCUT2D eigenvalue weighted by atomic mass is 9.82. The van der Waals surface area contributed by atoms with Crippen LogP contribution in [0.25, 0.3) is 0 Å². The fourth-order valence-corrected chi connectivity index (χ4v) is 3.13. The van der Waals surface area contributed by atoms with Crippen LogP contribution in [0.3, 0.4) is 0 Å². The fourth-order valence-electron chi connectivity index (χ4n) is 3.13. The molecule has 24 heavy (non-hydrogen) atoms. The van der Waals surface area contributed by atoms with Gasteiger partial charge in [-0.3, -0.25) is 4.79 Å². The van der Waals surface area contributed by atoms with Crippen LogP contribution in [0.5, 0.6) is 5.75 Å². The monoisotopic (exact) mass is 319 g/mol. The van der Waals surface area contributed by atoms with Crippen LogP contribution in [0, 0.1) is 25.2 Å². The number of nitrogens with zero attached hydrogens (tertiary/aromatic N) is 1. The SMILES string of the molecule is Cc1ccc(C2C(=O)Oc3c(C)cc(C(C)(C)C)cc32)cc1C#N. The highest BCUT2D eigenvalue weighted by atomic mass is 16.5. The van der Waals surface area contributed by atoms with Crippen molar-refractivity contribution >= 4 is 5.97 Å². The van der Waals surface area contributed by atoms with Crippen molar-refractivity contribution in [2.75, 3.05) is 0 Å². The number of aryl methyl sites for hydroxylation is 2. The average Bonchev–Trinajstić information content (AvgIpc) is 2.84. The molecule has 0 radical (unpaired) electrons. The molecule has 0 N–H and O–H groups in total. The van der Waals surface area contributed by atoms with Gasteiger partial charge in [0.1, 0.15) is 11.7 Å². The Morgan fingerprint density at radius 3 is 2.42 bits per heavy atom. The highest BCUT2D eigenvalue weighted by Crippen LogP contribution is 2.43. The van der Waals surface area contributed by atoms with Crippen molar-refractivity contribution in [2.45, 2.75) is 46.0 Å². The number of rotatable bonds is 1. The summed E-state index contributed by atoms with van der Waals surface area (Å²) in [5, 5.41) is 9.28. The predicted molar refractivity (Wildman–Crippen MR) is 93.3 cm³/mol. The van der Waals surface area contributed by atoms with Crippen molar-refractivity contribution in [1.29, 1.82) is 5.26 Å². The highest BCUT2D eigenvalue weighted by molar-refractivity contribution is 5.90. The summed E-state index contributed by atoms with van der Waals surface area (Å²) >= 11 is 0. The Kier molecular flexibility index (Phi) is 3.72. The largest absolute Gasteiger partial charge is 0.425 e. The molecule has 1 heterocycles. The van der Waals surface area contributed by atoms with Gasteiger partial charge in [0.2, 0.25) is 0 Å². The molecule has 3 heteroatoms. The summed E-state index contributed by atoms with van der Waals surface area (Å²) < 4.78 is 5.55. The summed E-state index contributed by atoms with van der Waals surface area (Å²) in [5.41, 5.74) is 5.35. The molecule has 1 atom stereocenters. The van der Waals surface area contributed by atoms with Gasteiger partial charge in [-0.1, -0.05) is 45.0 Å². The molecule has 0 bridgehead atoms. The molecule has 3 nitrogen and oxygen atoms in total. The number of nitriles is 1. The van der Waals surface area contributed by atoms with Crippen molar-refractivity contribution in [1.82, 2.24) is 0 Å². The van der Waals surface area contributed by atoms with Crippen molar-refractivity contribution < 1.29 is 9.53 Å². The smallest absolute Gasteiger partial charge is 0.323 e. The maximum atomic E-state index is 12.5. The van der Waals surface area contributed by atoms with Crippen molar-refractivity contribution in [2.24, 2.45) is 0 Å². The molecule has 0 aliphatic carbocycles. The summed E-state index contributed by atoms with van der Waals surface area (Å²) in [7, 11) is 0. The molecule has 0 aromatic heterocycles. The molecule has 1 aliphatic rings. The number of fused-ring (bicyclic) bond motifs is 1. The number of ether oxygens (including phenoxy) is 1. The van der Waals surface area contributed by atoms with E-state index in [2.05, 4.69) is 39.0 Å². The third-order valence-corrected chi connectivity index (χ3v) is 4.63. The molecule has 0 amide bonds. The molecule has 3 rings (SSSR count). The average molecular weight is 319 g/mol. The second-order valence-corrected chi connectivity index (χ2v) is 7.50. The van der Waals surface area contributed by atoms with Gasteiger partial charge in [-0.25, -0.2) is 0 Å². The molecule has 122 valence electrons. The second-order valence-electron chi connectivity index (χ2n) is 7.50. The Morgan fingerprint density at radius 1 is 1.08 bits per heavy atom. The van der Waals surface area contributed by atoms with E-state index in [0.717, 1.165) is 22.3 Å². The zero-order valence-corrected chi connectivity index (χ0v) is 14.7. The van der Waals surface area contributed by atoms with Gasteiger partial charge in [0.25, 0.3) is 0 Å². The van der Waals surface area contributed by atoms with E-state index in [4.69, 9.17) is 4.74 Å². The normalized spacial score (nSPS) is 16.5. The van der Waals surface area contributed by atoms with Crippen LogP contribution in [0.15, 0.2) is 30.3 Å². The number of carbonyl (C=O) groups excluding carboxylic acids is 1. The lowest BCUT2D eigenvalue weighted by Gasteiger charge is -2.21. The van der Waals surface area contributed by atoms with Crippen LogP contribution in [0.1, 0.15) is 60.1 Å². The Morgan fingerprint density at radius 2 is 1.79 bits per heavy atom. The first-order valence-corrected chi connectivity index (χ1v) is 8.09. The van der Waals surface area contributed by atoms with Crippen molar-refractivity contribution in [3.63, 3.8) is 0 Å². The summed E-state index contributed by atoms with van der Waals surface area (Å²) in [4.78, 5) is 12.5. The van der Waals surface area contributed by atoms with Gasteiger partial charge in [0, 0.05) is 5.56 Å². The Labute approximate surface area is 142 Å². The zero-order valence-electron chi connectivity index (χ0n) is 14.7. The van der Waals surface area contributed by atoms with E-state index in [1.807, 2.05) is 26.0 Å². The van der Waals surface area contributed by atoms with Crippen LogP contribution in [-0.2, 0) is 10.2 Å². The summed E-state index contributed by atoms with van der Waals surface area (Å²) in [5.74, 6) is -0.0716. The van der Waals surface area contributed by atoms with Crippen LogP contribution in [0.4, 0.5) is 0 Å². The van der Waals surface area contributed by atoms with E-state index in [0.29, 0.717) is 11.3 Å². The number of esters is 1. The first-order valence-electron chi connectivity index (χ1n) is 8.09. The number of hydrogen-bond donors (Lipinski definition) is 0. The quantitative estimate of drug-likeness (QED) is 0.573. The van der Waals surface area contributed by atoms with Crippen molar-refractivity contribution in [3.05, 3.63) is 63.7 Å². The van der Waals surface area contributed by atoms with Gasteiger partial charge < -0.3 is 4.74 Å². The van der Waals surface area contributed by atoms with E-state index >= 15 is 0 Å². The van der Waals surface area contributed by atoms with E-state index in [1.165, 1.54) is 5.56 Å². The van der Waals surface area contributed by atoms with Crippen LogP contribution in [0.2, 0.25) is 0 Å². The standard InChI is InChI=1S/C21H21NO2/c1-12-6-7-14(9-15(12)11-22)18-17-10-16(21(3,4)5)8-13(2)19(17)24-20(18)23/h6-10,18H,1-5H3. The molecule has 1 aliphatic heterocycles. The first-order chi connectivity index (χ1) is 11.2. The lowest BCUT2D eigenvalue weighted by molar-refractivity contribution is -0.133. The van der Waals surface area contributed by atoms with E-state index in [-0.39, 0.29) is 11.4 Å². The van der Waals surface area contributed by atoms with Gasteiger partial charge in [0.15, 0.2) is 0 Å². The van der Waals surface area contributed by atoms with Crippen LogP contribution in [-0.4, -0.2) is 5.97 Å².